The van der Waals surface area contributed by atoms with Gasteiger partial charge in [0.15, 0.2) is 11.4 Å². The normalized spacial score (nSPS) is 14.2. The van der Waals surface area contributed by atoms with Crippen molar-refractivity contribution in [3.63, 3.8) is 0 Å². The van der Waals surface area contributed by atoms with Crippen LogP contribution in [0.5, 0.6) is 5.88 Å². The maximum Gasteiger partial charge on any atom is 0.270 e. The third-order valence-electron chi connectivity index (χ3n) is 4.46. The zero-order valence-corrected chi connectivity index (χ0v) is 16.5. The number of amides is 1. The molecule has 0 atom stereocenters. The van der Waals surface area contributed by atoms with Crippen molar-refractivity contribution >= 4 is 23.1 Å². The molecule has 0 saturated heterocycles. The number of carbonyl (C=O) groups excluding carboxylic acids is 1. The van der Waals surface area contributed by atoms with Gasteiger partial charge in [-0.15, -0.1) is 5.10 Å². The number of anilines is 2. The van der Waals surface area contributed by atoms with E-state index in [2.05, 4.69) is 25.7 Å². The molecule has 1 fully saturated rings. The zero-order chi connectivity index (χ0) is 20.8. The van der Waals surface area contributed by atoms with Crippen LogP contribution in [-0.2, 0) is 6.54 Å². The Balaban J connectivity index is 1.85. The Hall–Kier alpha value is -3.43. The molecule has 1 saturated carbocycles. The molecule has 3 aromatic rings. The Kier molecular flexibility index (Phi) is 4.48. The smallest absolute Gasteiger partial charge is 0.270 e. The minimum atomic E-state index is -0.582. The van der Waals surface area contributed by atoms with E-state index in [1.807, 2.05) is 20.8 Å². The first kappa shape index (κ1) is 18.9. The highest BCUT2D eigenvalue weighted by atomic mass is 16.3. The number of aromatic hydroxyl groups is 1. The summed E-state index contributed by atoms with van der Waals surface area (Å²) < 4.78 is 2.68. The van der Waals surface area contributed by atoms with E-state index >= 15 is 0 Å². The Labute approximate surface area is 166 Å². The second kappa shape index (κ2) is 6.87. The number of aromatic nitrogens is 5. The van der Waals surface area contributed by atoms with Gasteiger partial charge in [0.05, 0.1) is 18.1 Å². The Morgan fingerprint density at radius 1 is 1.28 bits per heavy atom. The van der Waals surface area contributed by atoms with Gasteiger partial charge in [-0.3, -0.25) is 14.2 Å². The highest BCUT2D eigenvalue weighted by Crippen LogP contribution is 2.25. The van der Waals surface area contributed by atoms with Gasteiger partial charge in [-0.2, -0.15) is 4.52 Å². The van der Waals surface area contributed by atoms with Crippen LogP contribution in [0.4, 0.5) is 11.5 Å². The first-order valence-electron chi connectivity index (χ1n) is 9.41. The molecule has 10 nitrogen and oxygen atoms in total. The van der Waals surface area contributed by atoms with Gasteiger partial charge >= 0.3 is 0 Å². The second-order valence-electron chi connectivity index (χ2n) is 8.45. The van der Waals surface area contributed by atoms with E-state index in [-0.39, 0.29) is 17.0 Å². The summed E-state index contributed by atoms with van der Waals surface area (Å²) in [5.74, 6) is -0.677. The van der Waals surface area contributed by atoms with Crippen LogP contribution >= 0.6 is 0 Å². The van der Waals surface area contributed by atoms with E-state index in [0.29, 0.717) is 23.7 Å². The van der Waals surface area contributed by atoms with Crippen LogP contribution in [0.15, 0.2) is 29.6 Å². The van der Waals surface area contributed by atoms with E-state index < -0.39 is 17.3 Å². The lowest BCUT2D eigenvalue weighted by molar-refractivity contribution is 0.0944. The Morgan fingerprint density at radius 3 is 2.59 bits per heavy atom. The van der Waals surface area contributed by atoms with Crippen molar-refractivity contribution in [2.24, 2.45) is 5.41 Å². The molecule has 1 aliphatic rings. The fraction of sp³-hybridized carbons (Fsp3) is 0.421. The standard InChI is InChI=1S/C19H23N7O3/c1-19(2,3)9-25-14-6-13(22-12-7-20-10-21-8-12)24-26(14)18(29)15(17(25)28)16(27)23-11-4-5-11/h6-8,10-11,29H,4-5,9H2,1-3H3,(H,22,24)(H,23,27). The SMILES string of the molecule is CC(C)(C)Cn1c(=O)c(C(=O)NC2CC2)c(O)n2nc(Nc3cncnc3)cc12. The number of rotatable bonds is 5. The Morgan fingerprint density at radius 2 is 1.97 bits per heavy atom. The van der Waals surface area contributed by atoms with Gasteiger partial charge < -0.3 is 15.7 Å². The average Bonchev–Trinajstić information content (AvgIpc) is 3.35. The lowest BCUT2D eigenvalue weighted by Gasteiger charge is -2.21. The van der Waals surface area contributed by atoms with E-state index in [9.17, 15) is 14.7 Å². The molecular weight excluding hydrogens is 374 g/mol. The molecule has 0 spiro atoms. The van der Waals surface area contributed by atoms with Crippen LogP contribution in [0.25, 0.3) is 5.65 Å². The number of carbonyl (C=O) groups is 1. The maximum atomic E-state index is 13.2. The molecule has 1 amide bonds. The lowest BCUT2D eigenvalue weighted by Crippen LogP contribution is -2.37. The summed E-state index contributed by atoms with van der Waals surface area (Å²) in [5.41, 5.74) is -0.100. The fourth-order valence-electron chi connectivity index (χ4n) is 3.04. The predicted octanol–water partition coefficient (Wildman–Crippen LogP) is 1.67. The molecule has 1 aliphatic carbocycles. The molecule has 152 valence electrons. The van der Waals surface area contributed by atoms with E-state index in [1.165, 1.54) is 15.4 Å². The molecular formula is C19H23N7O3. The molecule has 0 radical (unpaired) electrons. The highest BCUT2D eigenvalue weighted by molar-refractivity contribution is 5.96. The van der Waals surface area contributed by atoms with Crippen molar-refractivity contribution in [2.45, 2.75) is 46.2 Å². The van der Waals surface area contributed by atoms with Gasteiger partial charge in [0.2, 0.25) is 5.88 Å². The molecule has 0 aliphatic heterocycles. The van der Waals surface area contributed by atoms with Crippen molar-refractivity contribution in [2.75, 3.05) is 5.32 Å². The summed E-state index contributed by atoms with van der Waals surface area (Å²) in [5, 5.41) is 20.9. The van der Waals surface area contributed by atoms with Crippen molar-refractivity contribution in [3.05, 3.63) is 40.7 Å². The summed E-state index contributed by atoms with van der Waals surface area (Å²) in [6.45, 7) is 6.32. The molecule has 29 heavy (non-hydrogen) atoms. The van der Waals surface area contributed by atoms with Crippen LogP contribution in [0.1, 0.15) is 44.0 Å². The first-order chi connectivity index (χ1) is 13.7. The van der Waals surface area contributed by atoms with Crippen molar-refractivity contribution < 1.29 is 9.90 Å². The third kappa shape index (κ3) is 3.91. The Bertz CT molecular complexity index is 1120. The molecule has 0 bridgehead atoms. The average molecular weight is 397 g/mol. The lowest BCUT2D eigenvalue weighted by atomic mass is 9.97. The molecule has 0 aromatic carbocycles. The van der Waals surface area contributed by atoms with Crippen molar-refractivity contribution in [3.8, 4) is 5.88 Å². The summed E-state index contributed by atoms with van der Waals surface area (Å²) in [6, 6.07) is 1.70. The molecule has 4 rings (SSSR count). The van der Waals surface area contributed by atoms with Gasteiger partial charge in [0.1, 0.15) is 12.0 Å². The number of nitrogens with one attached hydrogen (secondary N) is 2. The molecule has 0 unspecified atom stereocenters. The predicted molar refractivity (Wildman–Crippen MR) is 106 cm³/mol. The number of hydrogen-bond donors (Lipinski definition) is 3. The van der Waals surface area contributed by atoms with Crippen LogP contribution in [-0.4, -0.2) is 41.2 Å². The fourth-order valence-corrected chi connectivity index (χ4v) is 3.04. The maximum absolute atomic E-state index is 13.2. The van der Waals surface area contributed by atoms with Gasteiger partial charge in [-0.1, -0.05) is 20.8 Å². The summed E-state index contributed by atoms with van der Waals surface area (Å²) in [4.78, 5) is 33.7. The number of hydrogen-bond acceptors (Lipinski definition) is 7. The highest BCUT2D eigenvalue weighted by Gasteiger charge is 2.30. The number of nitrogens with zero attached hydrogens (tertiary/aromatic N) is 5. The van der Waals surface area contributed by atoms with Crippen LogP contribution < -0.4 is 16.2 Å². The van der Waals surface area contributed by atoms with Crippen molar-refractivity contribution in [1.29, 1.82) is 0 Å². The monoisotopic (exact) mass is 397 g/mol. The van der Waals surface area contributed by atoms with Gasteiger partial charge in [-0.25, -0.2) is 9.97 Å². The van der Waals surface area contributed by atoms with Crippen LogP contribution in [0.2, 0.25) is 0 Å². The summed E-state index contributed by atoms with van der Waals surface area (Å²) in [6.07, 6.45) is 6.31. The van der Waals surface area contributed by atoms with Gasteiger partial charge in [0, 0.05) is 18.7 Å². The third-order valence-corrected chi connectivity index (χ3v) is 4.46. The largest absolute Gasteiger partial charge is 0.492 e. The molecule has 3 aromatic heterocycles. The molecule has 10 heteroatoms. The topological polar surface area (TPSA) is 126 Å². The van der Waals surface area contributed by atoms with Crippen LogP contribution in [0.3, 0.4) is 0 Å². The van der Waals surface area contributed by atoms with Gasteiger partial charge in [-0.05, 0) is 18.3 Å². The van der Waals surface area contributed by atoms with Crippen LogP contribution in [0, 0.1) is 5.41 Å². The van der Waals surface area contributed by atoms with Gasteiger partial charge in [0.25, 0.3) is 11.5 Å². The second-order valence-corrected chi connectivity index (χ2v) is 8.45. The summed E-state index contributed by atoms with van der Waals surface area (Å²) in [7, 11) is 0. The van der Waals surface area contributed by atoms with E-state index in [4.69, 9.17) is 0 Å². The first-order valence-corrected chi connectivity index (χ1v) is 9.41. The molecule has 3 heterocycles. The summed E-state index contributed by atoms with van der Waals surface area (Å²) >= 11 is 0. The minimum absolute atomic E-state index is 0.0565. The quantitative estimate of drug-likeness (QED) is 0.598. The van der Waals surface area contributed by atoms with E-state index in [0.717, 1.165) is 12.8 Å². The number of fused-ring (bicyclic) bond motifs is 1. The minimum Gasteiger partial charge on any atom is -0.492 e. The zero-order valence-electron chi connectivity index (χ0n) is 16.5. The van der Waals surface area contributed by atoms with E-state index in [1.54, 1.807) is 18.5 Å². The molecule has 3 N–H and O–H groups in total. The van der Waals surface area contributed by atoms with Crippen molar-refractivity contribution in [1.82, 2.24) is 29.5 Å².